The first-order valence-electron chi connectivity index (χ1n) is 10.9. The van der Waals surface area contributed by atoms with Gasteiger partial charge in [0.05, 0.1) is 38.8 Å². The minimum Gasteiger partial charge on any atom is -0.491 e. The summed E-state index contributed by atoms with van der Waals surface area (Å²) >= 11 is 0. The topological polar surface area (TPSA) is 109 Å². The molecule has 0 aliphatic carbocycles. The highest BCUT2D eigenvalue weighted by molar-refractivity contribution is 7.86. The molecule has 2 aromatic carbocycles. The highest BCUT2D eigenvalue weighted by Crippen LogP contribution is 2.15. The molecule has 0 bridgehead atoms. The fourth-order valence-corrected chi connectivity index (χ4v) is 3.67. The van der Waals surface area contributed by atoms with Crippen LogP contribution in [0.15, 0.2) is 48.5 Å². The van der Waals surface area contributed by atoms with Gasteiger partial charge in [-0.15, -0.1) is 0 Å². The van der Waals surface area contributed by atoms with E-state index < -0.39 is 10.1 Å². The number of nitrogens with one attached hydrogen (secondary N) is 1. The van der Waals surface area contributed by atoms with Gasteiger partial charge in [-0.2, -0.15) is 8.42 Å². The van der Waals surface area contributed by atoms with Gasteiger partial charge in [0.2, 0.25) is 0 Å². The first kappa shape index (κ1) is 26.8. The molecule has 2 aromatic rings. The summed E-state index contributed by atoms with van der Waals surface area (Å²) in [5.74, 6) is 0.704. The molecule has 0 atom stereocenters. The molecule has 0 unspecified atom stereocenters. The van der Waals surface area contributed by atoms with Crippen molar-refractivity contribution in [3.63, 3.8) is 0 Å². The number of hydrogen-bond acceptors (Lipinski definition) is 8. The Morgan fingerprint density at radius 3 is 1.94 bits per heavy atom. The van der Waals surface area contributed by atoms with Crippen LogP contribution in [0.1, 0.15) is 17.5 Å². The van der Waals surface area contributed by atoms with E-state index in [1.807, 2.05) is 43.4 Å². The molecule has 2 rings (SSSR count). The van der Waals surface area contributed by atoms with Crippen molar-refractivity contribution in [2.45, 2.75) is 6.42 Å². The van der Waals surface area contributed by atoms with Gasteiger partial charge < -0.3 is 25.3 Å². The van der Waals surface area contributed by atoms with Crippen molar-refractivity contribution >= 4 is 28.0 Å². The van der Waals surface area contributed by atoms with Crippen molar-refractivity contribution in [1.29, 1.82) is 0 Å². The average Bonchev–Trinajstić information content (AvgIpc) is 2.83. The molecule has 33 heavy (non-hydrogen) atoms. The molecule has 0 aliphatic heterocycles. The molecule has 0 amide bonds. The smallest absolute Gasteiger partial charge is 0.267 e. The summed E-state index contributed by atoms with van der Waals surface area (Å²) in [7, 11) is -1.61. The van der Waals surface area contributed by atoms with Crippen molar-refractivity contribution in [3.05, 3.63) is 59.7 Å². The van der Waals surface area contributed by atoms with Crippen molar-refractivity contribution in [2.75, 3.05) is 64.3 Å². The summed E-state index contributed by atoms with van der Waals surface area (Å²) in [6.07, 6.45) is 4.51. The van der Waals surface area contributed by atoms with Gasteiger partial charge in [-0.1, -0.05) is 36.4 Å². The zero-order valence-corrected chi connectivity index (χ0v) is 19.9. The minimum atomic E-state index is -3.51. The first-order valence-corrected chi connectivity index (χ1v) is 12.5. The standard InChI is InChI=1S/C24H34N2O6S/c1-26-23-9-5-21(6-10-23)3-4-22-7-11-24(12-8-22)31-18-16-29-14-15-30-17-19-32-33(27,28)20-2-13-25/h3-12,26H,2,13-20,25H2,1H3/b4-3+. The molecular weight excluding hydrogens is 444 g/mol. The molecule has 0 fully saturated rings. The predicted molar refractivity (Wildman–Crippen MR) is 132 cm³/mol. The Bertz CT molecular complexity index is 915. The normalized spacial score (nSPS) is 11.7. The van der Waals surface area contributed by atoms with Crippen LogP contribution >= 0.6 is 0 Å². The van der Waals surface area contributed by atoms with Crippen molar-refractivity contribution in [3.8, 4) is 5.75 Å². The SMILES string of the molecule is CNc1ccc(/C=C/c2ccc(OCCOCCOCCOS(=O)(=O)CCCN)cc2)cc1. The van der Waals surface area contributed by atoms with E-state index in [0.29, 0.717) is 39.4 Å². The third kappa shape index (κ3) is 11.8. The zero-order chi connectivity index (χ0) is 23.8. The quantitative estimate of drug-likeness (QED) is 0.203. The van der Waals surface area contributed by atoms with Gasteiger partial charge in [0.25, 0.3) is 10.1 Å². The zero-order valence-electron chi connectivity index (χ0n) is 19.1. The fraction of sp³-hybridized carbons (Fsp3) is 0.417. The van der Waals surface area contributed by atoms with Crippen molar-refractivity contribution in [2.24, 2.45) is 5.73 Å². The lowest BCUT2D eigenvalue weighted by atomic mass is 10.1. The lowest BCUT2D eigenvalue weighted by Crippen LogP contribution is -2.17. The molecule has 0 radical (unpaired) electrons. The molecule has 182 valence electrons. The molecule has 8 nitrogen and oxygen atoms in total. The molecule has 0 saturated carbocycles. The van der Waals surface area contributed by atoms with Gasteiger partial charge in [-0.3, -0.25) is 4.18 Å². The maximum absolute atomic E-state index is 11.5. The summed E-state index contributed by atoms with van der Waals surface area (Å²) in [5.41, 5.74) is 8.59. The lowest BCUT2D eigenvalue weighted by Gasteiger charge is -2.08. The first-order chi connectivity index (χ1) is 16.0. The Kier molecular flexibility index (Phi) is 12.5. The van der Waals surface area contributed by atoms with Gasteiger partial charge in [0.15, 0.2) is 0 Å². The van der Waals surface area contributed by atoms with Crippen LogP contribution in [0.5, 0.6) is 5.75 Å². The molecule has 3 N–H and O–H groups in total. The molecular formula is C24H34N2O6S. The van der Waals surface area contributed by atoms with Crippen molar-refractivity contribution < 1.29 is 26.8 Å². The third-order valence-corrected chi connectivity index (χ3v) is 5.82. The Hall–Kier alpha value is -2.43. The highest BCUT2D eigenvalue weighted by Gasteiger charge is 2.09. The fourth-order valence-electron chi connectivity index (χ4n) is 2.71. The third-order valence-electron chi connectivity index (χ3n) is 4.51. The molecule has 0 aliphatic rings. The lowest BCUT2D eigenvalue weighted by molar-refractivity contribution is 0.0279. The number of rotatable bonds is 17. The second kappa shape index (κ2) is 15.4. The van der Waals surface area contributed by atoms with Crippen LogP contribution in [0.3, 0.4) is 0 Å². The predicted octanol–water partition coefficient (Wildman–Crippen LogP) is 3.01. The Morgan fingerprint density at radius 1 is 0.818 bits per heavy atom. The molecule has 0 aromatic heterocycles. The van der Waals surface area contributed by atoms with E-state index >= 15 is 0 Å². The molecule has 0 saturated heterocycles. The van der Waals surface area contributed by atoms with E-state index in [1.54, 1.807) is 0 Å². The van der Waals surface area contributed by atoms with E-state index in [4.69, 9.17) is 24.1 Å². The summed E-state index contributed by atoms with van der Waals surface area (Å²) in [4.78, 5) is 0. The van der Waals surface area contributed by atoms with E-state index in [-0.39, 0.29) is 19.0 Å². The van der Waals surface area contributed by atoms with Gasteiger partial charge in [0.1, 0.15) is 12.4 Å². The van der Waals surface area contributed by atoms with Gasteiger partial charge in [-0.05, 0) is 48.4 Å². The summed E-state index contributed by atoms with van der Waals surface area (Å²) < 4.78 is 44.1. The Morgan fingerprint density at radius 2 is 1.36 bits per heavy atom. The van der Waals surface area contributed by atoms with Gasteiger partial charge in [0, 0.05) is 12.7 Å². The minimum absolute atomic E-state index is 0.0101. The van der Waals surface area contributed by atoms with Crippen LogP contribution in [0.4, 0.5) is 5.69 Å². The number of anilines is 1. The van der Waals surface area contributed by atoms with Gasteiger partial charge >= 0.3 is 0 Å². The van der Waals surface area contributed by atoms with E-state index in [0.717, 1.165) is 22.6 Å². The number of benzene rings is 2. The van der Waals surface area contributed by atoms with E-state index in [9.17, 15) is 8.42 Å². The van der Waals surface area contributed by atoms with Crippen LogP contribution < -0.4 is 15.8 Å². The average molecular weight is 479 g/mol. The molecule has 0 spiro atoms. The van der Waals surface area contributed by atoms with E-state index in [1.165, 1.54) is 0 Å². The maximum Gasteiger partial charge on any atom is 0.267 e. The summed E-state index contributed by atoms with van der Waals surface area (Å²) in [6, 6.07) is 16.1. The largest absolute Gasteiger partial charge is 0.491 e. The number of ether oxygens (including phenoxy) is 3. The van der Waals surface area contributed by atoms with Crippen LogP contribution in [-0.2, 0) is 23.8 Å². The second-order valence-electron chi connectivity index (χ2n) is 7.07. The maximum atomic E-state index is 11.5. The Balaban J connectivity index is 1.52. The summed E-state index contributed by atoms with van der Waals surface area (Å²) in [6.45, 7) is 2.09. The van der Waals surface area contributed by atoms with Crippen molar-refractivity contribution in [1.82, 2.24) is 0 Å². The molecule has 9 heteroatoms. The van der Waals surface area contributed by atoms with E-state index in [2.05, 4.69) is 29.6 Å². The number of nitrogens with two attached hydrogens (primary N) is 1. The van der Waals surface area contributed by atoms with Crippen LogP contribution in [0.25, 0.3) is 12.2 Å². The second-order valence-corrected chi connectivity index (χ2v) is 8.83. The van der Waals surface area contributed by atoms with Gasteiger partial charge in [-0.25, -0.2) is 0 Å². The van der Waals surface area contributed by atoms with Crippen LogP contribution in [-0.4, -0.2) is 67.4 Å². The highest BCUT2D eigenvalue weighted by atomic mass is 32.2. The number of hydrogen-bond donors (Lipinski definition) is 2. The van der Waals surface area contributed by atoms with Crippen LogP contribution in [0, 0.1) is 0 Å². The summed E-state index contributed by atoms with van der Waals surface area (Å²) in [5, 5.41) is 3.10. The monoisotopic (exact) mass is 478 g/mol. The Labute approximate surface area is 196 Å². The van der Waals surface area contributed by atoms with Crippen LogP contribution in [0.2, 0.25) is 0 Å². The molecule has 0 heterocycles.